The molecule has 0 aromatic heterocycles. The third-order valence-electron chi connectivity index (χ3n) is 13.8. The molecule has 1 saturated heterocycles. The Kier molecular flexibility index (Phi) is 12.6. The number of amides is 1. The van der Waals surface area contributed by atoms with E-state index in [4.69, 9.17) is 28.4 Å². The normalized spacial score (nSPS) is 34.4. The van der Waals surface area contributed by atoms with Crippen molar-refractivity contribution in [2.24, 2.45) is 22.7 Å². The Labute approximate surface area is 356 Å². The number of nitrogens with one attached hydrogen (secondary N) is 1. The van der Waals surface area contributed by atoms with Crippen LogP contribution in [-0.2, 0) is 52.4 Å². The molecular formula is C45H61NO15. The third kappa shape index (κ3) is 8.20. The molecule has 6 rings (SSSR count). The minimum Gasteiger partial charge on any atom is -0.459 e. The van der Waals surface area contributed by atoms with Crippen LogP contribution in [0.5, 0.6) is 0 Å². The Balaban J connectivity index is 1.52. The zero-order valence-corrected chi connectivity index (χ0v) is 36.5. The van der Waals surface area contributed by atoms with Gasteiger partial charge in [-0.3, -0.25) is 19.2 Å². The van der Waals surface area contributed by atoms with Crippen LogP contribution in [0, 0.1) is 22.7 Å². The van der Waals surface area contributed by atoms with E-state index in [0.717, 1.165) is 26.2 Å². The number of rotatable bonds is 9. The number of ether oxygens (including phenoxy) is 6. The van der Waals surface area contributed by atoms with E-state index >= 15 is 4.79 Å². The van der Waals surface area contributed by atoms with Gasteiger partial charge in [-0.25, -0.2) is 9.59 Å². The molecule has 3 saturated carbocycles. The maximum Gasteiger partial charge on any atom is 0.408 e. The van der Waals surface area contributed by atoms with Crippen LogP contribution in [0.25, 0.3) is 0 Å². The Hall–Kier alpha value is -4.38. The van der Waals surface area contributed by atoms with Gasteiger partial charge in [-0.2, -0.15) is 0 Å². The minimum absolute atomic E-state index is 0.0272. The Bertz CT molecular complexity index is 1930. The molecule has 4 fully saturated rings. The summed E-state index contributed by atoms with van der Waals surface area (Å²) in [6.07, 6.45) is -7.71. The Morgan fingerprint density at radius 3 is 2.13 bits per heavy atom. The van der Waals surface area contributed by atoms with Crippen molar-refractivity contribution in [1.29, 1.82) is 0 Å². The van der Waals surface area contributed by atoms with Crippen molar-refractivity contribution in [2.45, 2.75) is 167 Å². The fourth-order valence-corrected chi connectivity index (χ4v) is 10.6. The number of carbonyl (C=O) groups is 6. The molecule has 61 heavy (non-hydrogen) atoms. The van der Waals surface area contributed by atoms with Crippen LogP contribution < -0.4 is 5.32 Å². The van der Waals surface area contributed by atoms with Crippen LogP contribution in [-0.4, -0.2) is 111 Å². The lowest BCUT2D eigenvalue weighted by Crippen LogP contribution is -2.82. The van der Waals surface area contributed by atoms with Crippen molar-refractivity contribution < 1.29 is 72.5 Å². The molecule has 2 unspecified atom stereocenters. The number of hydrogen-bond donors (Lipinski definition) is 4. The first-order chi connectivity index (χ1) is 28.4. The predicted octanol–water partition coefficient (Wildman–Crippen LogP) is 4.10. The van der Waals surface area contributed by atoms with Crippen molar-refractivity contribution >= 4 is 35.8 Å². The van der Waals surface area contributed by atoms with Gasteiger partial charge in [-0.05, 0) is 64.2 Å². The van der Waals surface area contributed by atoms with Gasteiger partial charge in [0.05, 0.1) is 36.0 Å². The van der Waals surface area contributed by atoms with Crippen molar-refractivity contribution in [3.05, 3.63) is 47.0 Å². The van der Waals surface area contributed by atoms with E-state index in [9.17, 15) is 39.3 Å². The summed E-state index contributed by atoms with van der Waals surface area (Å²) in [5.74, 6) is -6.40. The minimum atomic E-state index is -2.33. The summed E-state index contributed by atoms with van der Waals surface area (Å²) in [5, 5.41) is 40.0. The van der Waals surface area contributed by atoms with Gasteiger partial charge in [-0.15, -0.1) is 0 Å². The Morgan fingerprint density at radius 2 is 1.57 bits per heavy atom. The van der Waals surface area contributed by atoms with Crippen LogP contribution in [0.3, 0.4) is 0 Å². The molecule has 1 heterocycles. The topological polar surface area (TPSA) is 231 Å². The predicted molar refractivity (Wildman–Crippen MR) is 214 cm³/mol. The molecule has 0 spiro atoms. The highest BCUT2D eigenvalue weighted by Crippen LogP contribution is 2.64. The first-order valence-corrected chi connectivity index (χ1v) is 21.2. The van der Waals surface area contributed by atoms with Crippen molar-refractivity contribution in [3.63, 3.8) is 0 Å². The number of alkyl carbamates (subject to hydrolysis) is 1. The second-order valence-corrected chi connectivity index (χ2v) is 19.2. The van der Waals surface area contributed by atoms with E-state index < -0.39 is 124 Å². The number of Topliss-reactive ketones (excluding diaryl/α,β-unsaturated/α-hetero) is 1. The molecular weight excluding hydrogens is 794 g/mol. The first-order valence-electron chi connectivity index (χ1n) is 21.2. The molecule has 4 N–H and O–H groups in total. The van der Waals surface area contributed by atoms with Gasteiger partial charge in [-0.1, -0.05) is 63.4 Å². The number of fused-ring (bicyclic) bond motifs is 5. The maximum absolute atomic E-state index is 15.5. The number of hydrogen-bond acceptors (Lipinski definition) is 15. The molecule has 4 aliphatic carbocycles. The van der Waals surface area contributed by atoms with E-state index in [1.165, 1.54) is 20.8 Å². The summed E-state index contributed by atoms with van der Waals surface area (Å²) >= 11 is 0. The second kappa shape index (κ2) is 16.7. The molecule has 16 heteroatoms. The van der Waals surface area contributed by atoms with Crippen molar-refractivity contribution in [1.82, 2.24) is 5.32 Å². The van der Waals surface area contributed by atoms with Crippen LogP contribution in [0.1, 0.15) is 119 Å². The fraction of sp³-hybridized carbons (Fsp3) is 0.689. The van der Waals surface area contributed by atoms with Crippen molar-refractivity contribution in [3.8, 4) is 0 Å². The van der Waals surface area contributed by atoms with Crippen LogP contribution >= 0.6 is 0 Å². The Morgan fingerprint density at radius 1 is 0.934 bits per heavy atom. The highest BCUT2D eigenvalue weighted by Gasteiger charge is 2.78. The van der Waals surface area contributed by atoms with E-state index in [1.54, 1.807) is 65.0 Å². The fourth-order valence-electron chi connectivity index (χ4n) is 10.6. The number of aliphatic hydroxyl groups is 3. The summed E-state index contributed by atoms with van der Waals surface area (Å²) in [5.41, 5.74) is -8.04. The molecule has 336 valence electrons. The highest BCUT2D eigenvalue weighted by atomic mass is 16.6. The van der Waals surface area contributed by atoms with Gasteiger partial charge < -0.3 is 49.1 Å². The SMILES string of the molecule is CC(=O)O[C@H]1C(=O)[C@@]2(C)C(C(OC(=O)C3CCCCC3)[C@]3(O)C[C@H](OC(=O)[C@H](O)[C@@H](NC(=O)OC(C)(C)C)c4ccccc4)C(C)=C1C3(C)C)[C@]1(OC(C)=O)CO[C@@H]1C[C@@H]2O. The molecule has 1 aromatic rings. The average Bonchev–Trinajstić information content (AvgIpc) is 3.17. The molecule has 2 bridgehead atoms. The van der Waals surface area contributed by atoms with Crippen LogP contribution in [0.4, 0.5) is 4.79 Å². The molecule has 1 aromatic carbocycles. The quantitative estimate of drug-likeness (QED) is 0.156. The zero-order valence-electron chi connectivity index (χ0n) is 36.5. The second-order valence-electron chi connectivity index (χ2n) is 19.2. The molecule has 5 aliphatic rings. The van der Waals surface area contributed by atoms with Crippen LogP contribution in [0.15, 0.2) is 41.5 Å². The van der Waals surface area contributed by atoms with Gasteiger partial charge in [0.2, 0.25) is 0 Å². The van der Waals surface area contributed by atoms with Gasteiger partial charge in [0.1, 0.15) is 29.5 Å². The summed E-state index contributed by atoms with van der Waals surface area (Å²) in [6.45, 7) is 13.1. The van der Waals surface area contributed by atoms with E-state index in [0.29, 0.717) is 18.4 Å². The molecule has 11 atom stereocenters. The zero-order chi connectivity index (χ0) is 45.0. The lowest BCUT2D eigenvalue weighted by Gasteiger charge is -2.67. The lowest BCUT2D eigenvalue weighted by atomic mass is 9.44. The monoisotopic (exact) mass is 855 g/mol. The molecule has 0 radical (unpaired) electrons. The molecule has 1 amide bonds. The number of esters is 4. The number of benzene rings is 1. The summed E-state index contributed by atoms with van der Waals surface area (Å²) in [4.78, 5) is 83.1. The number of aliphatic hydroxyl groups excluding tert-OH is 2. The van der Waals surface area contributed by atoms with Crippen LogP contribution in [0.2, 0.25) is 0 Å². The lowest BCUT2D eigenvalue weighted by molar-refractivity contribution is -0.347. The first kappa shape index (κ1) is 46.1. The number of ketones is 1. The van der Waals surface area contributed by atoms with Gasteiger partial charge in [0.25, 0.3) is 0 Å². The van der Waals surface area contributed by atoms with E-state index in [-0.39, 0.29) is 24.2 Å². The summed E-state index contributed by atoms with van der Waals surface area (Å²) in [7, 11) is 0. The smallest absolute Gasteiger partial charge is 0.408 e. The van der Waals surface area contributed by atoms with Crippen molar-refractivity contribution in [2.75, 3.05) is 6.61 Å². The molecule has 16 nitrogen and oxygen atoms in total. The standard InChI is InChI=1S/C45H61NO15/c1-23-28(58-39(53)33(50)32(26-16-12-10-13-17-26)46-40(54)61-41(4,5)6)21-45(55)37(59-38(52)27-18-14-11-15-19-27)35-43(9,29(49)20-30-44(35,22-56-30)60-25(3)48)36(51)34(57-24(2)47)31(23)42(45,7)8/h10,12-13,16-17,27-30,32-35,37,49-50,55H,11,14-15,18-22H2,1-9H3,(H,46,54)/t28-,29-,30+,32-,33+,34+,35?,37?,43+,44-,45+/m0/s1. The van der Waals surface area contributed by atoms with E-state index in [2.05, 4.69) is 5.32 Å². The van der Waals surface area contributed by atoms with Gasteiger partial charge in [0, 0.05) is 32.1 Å². The molecule has 1 aliphatic heterocycles. The maximum atomic E-state index is 15.5. The highest BCUT2D eigenvalue weighted by molar-refractivity contribution is 5.95. The van der Waals surface area contributed by atoms with E-state index in [1.807, 2.05) is 0 Å². The largest absolute Gasteiger partial charge is 0.459 e. The van der Waals surface area contributed by atoms with Gasteiger partial charge in [0.15, 0.2) is 23.6 Å². The summed E-state index contributed by atoms with van der Waals surface area (Å²) in [6, 6.07) is 6.80. The third-order valence-corrected chi connectivity index (χ3v) is 13.8. The van der Waals surface area contributed by atoms with Gasteiger partial charge >= 0.3 is 30.0 Å². The number of carbonyl (C=O) groups excluding carboxylic acids is 6. The average molecular weight is 856 g/mol. The summed E-state index contributed by atoms with van der Waals surface area (Å²) < 4.78 is 35.9.